The molecule has 0 saturated carbocycles. The zero-order valence-electron chi connectivity index (χ0n) is 16.3. The number of benzene rings is 2. The van der Waals surface area contributed by atoms with Crippen molar-refractivity contribution < 1.29 is 0 Å². The van der Waals surface area contributed by atoms with E-state index in [0.717, 1.165) is 30.3 Å². The summed E-state index contributed by atoms with van der Waals surface area (Å²) in [6.07, 6.45) is 0. The first-order valence-electron chi connectivity index (χ1n) is 9.22. The van der Waals surface area contributed by atoms with E-state index >= 15 is 0 Å². The molecule has 0 spiro atoms. The highest BCUT2D eigenvalue weighted by Gasteiger charge is 2.14. The zero-order valence-corrected chi connectivity index (χ0v) is 16.3. The van der Waals surface area contributed by atoms with Gasteiger partial charge in [-0.05, 0) is 38.7 Å². The lowest BCUT2D eigenvalue weighted by atomic mass is 10.2. The molecule has 140 valence electrons. The third kappa shape index (κ3) is 5.53. The van der Waals surface area contributed by atoms with Crippen molar-refractivity contribution in [1.82, 2.24) is 14.9 Å². The molecular formula is C22H27N5. The molecule has 0 bridgehead atoms. The van der Waals surface area contributed by atoms with E-state index in [1.165, 1.54) is 5.56 Å². The summed E-state index contributed by atoms with van der Waals surface area (Å²) in [7, 11) is 4.13. The minimum atomic E-state index is 0.706. The lowest BCUT2D eigenvalue weighted by Gasteiger charge is -2.24. The standard InChI is InChI=1S/C22H27N5/c1-18-16-21(23-14-15-26(2)3)25-22(24-18)27(20-12-8-5-9-13-20)17-19-10-6-4-7-11-19/h4-13,16H,14-15,17H2,1-3H3,(H,23,24,25). The average Bonchev–Trinajstić information content (AvgIpc) is 2.67. The minimum Gasteiger partial charge on any atom is -0.369 e. The highest BCUT2D eigenvalue weighted by atomic mass is 15.3. The van der Waals surface area contributed by atoms with Crippen LogP contribution in [0.5, 0.6) is 0 Å². The summed E-state index contributed by atoms with van der Waals surface area (Å²) in [6, 6.07) is 22.7. The first kappa shape index (κ1) is 18.9. The zero-order chi connectivity index (χ0) is 19.1. The largest absolute Gasteiger partial charge is 0.369 e. The van der Waals surface area contributed by atoms with Crippen molar-refractivity contribution in [3.63, 3.8) is 0 Å². The van der Waals surface area contributed by atoms with Gasteiger partial charge in [-0.1, -0.05) is 48.5 Å². The van der Waals surface area contributed by atoms with Crippen LogP contribution in [0.4, 0.5) is 17.5 Å². The van der Waals surface area contributed by atoms with Gasteiger partial charge in [-0.25, -0.2) is 4.98 Å². The molecule has 2 aromatic carbocycles. The molecule has 1 N–H and O–H groups in total. The molecule has 1 heterocycles. The second-order valence-corrected chi connectivity index (χ2v) is 6.83. The van der Waals surface area contributed by atoms with Crippen LogP contribution in [0.1, 0.15) is 11.3 Å². The molecule has 3 rings (SSSR count). The molecule has 0 saturated heterocycles. The van der Waals surface area contributed by atoms with E-state index < -0.39 is 0 Å². The van der Waals surface area contributed by atoms with Gasteiger partial charge in [-0.3, -0.25) is 0 Å². The molecular weight excluding hydrogens is 334 g/mol. The van der Waals surface area contributed by atoms with E-state index in [9.17, 15) is 0 Å². The highest BCUT2D eigenvalue weighted by Crippen LogP contribution is 2.25. The summed E-state index contributed by atoms with van der Waals surface area (Å²) < 4.78 is 0. The van der Waals surface area contributed by atoms with Crippen LogP contribution in [0.3, 0.4) is 0 Å². The van der Waals surface area contributed by atoms with Crippen molar-refractivity contribution in [2.24, 2.45) is 0 Å². The lowest BCUT2D eigenvalue weighted by molar-refractivity contribution is 0.425. The maximum atomic E-state index is 4.79. The normalized spacial score (nSPS) is 10.8. The van der Waals surface area contributed by atoms with Crippen LogP contribution < -0.4 is 10.2 Å². The Balaban J connectivity index is 1.90. The van der Waals surface area contributed by atoms with Crippen LogP contribution in [-0.4, -0.2) is 42.1 Å². The summed E-state index contributed by atoms with van der Waals surface area (Å²) in [5.41, 5.74) is 3.24. The summed E-state index contributed by atoms with van der Waals surface area (Å²) in [4.78, 5) is 13.8. The highest BCUT2D eigenvalue weighted by molar-refractivity contribution is 5.59. The van der Waals surface area contributed by atoms with Crippen LogP contribution in [0.15, 0.2) is 66.7 Å². The fraction of sp³-hybridized carbons (Fsp3) is 0.273. The number of aryl methyl sites for hydroxylation is 1. The third-order valence-electron chi connectivity index (χ3n) is 4.20. The fourth-order valence-corrected chi connectivity index (χ4v) is 2.82. The van der Waals surface area contributed by atoms with Gasteiger partial charge < -0.3 is 15.1 Å². The number of nitrogens with one attached hydrogen (secondary N) is 1. The molecule has 0 aliphatic heterocycles. The molecule has 0 atom stereocenters. The third-order valence-corrected chi connectivity index (χ3v) is 4.20. The number of para-hydroxylation sites is 1. The van der Waals surface area contributed by atoms with Gasteiger partial charge in [0.05, 0.1) is 6.54 Å². The summed E-state index contributed by atoms with van der Waals surface area (Å²) in [5, 5.41) is 3.41. The predicted molar refractivity (Wildman–Crippen MR) is 113 cm³/mol. The molecule has 5 nitrogen and oxygen atoms in total. The van der Waals surface area contributed by atoms with E-state index in [1.54, 1.807) is 0 Å². The second-order valence-electron chi connectivity index (χ2n) is 6.83. The average molecular weight is 361 g/mol. The first-order valence-corrected chi connectivity index (χ1v) is 9.22. The molecule has 5 heteroatoms. The molecule has 0 radical (unpaired) electrons. The van der Waals surface area contributed by atoms with Gasteiger partial charge >= 0.3 is 0 Å². The van der Waals surface area contributed by atoms with E-state index in [0.29, 0.717) is 12.5 Å². The van der Waals surface area contributed by atoms with E-state index in [-0.39, 0.29) is 0 Å². The number of likely N-dealkylation sites (N-methyl/N-ethyl adjacent to an activating group) is 1. The van der Waals surface area contributed by atoms with Crippen LogP contribution in [0, 0.1) is 6.92 Å². The summed E-state index contributed by atoms with van der Waals surface area (Å²) in [6.45, 7) is 4.51. The maximum absolute atomic E-state index is 4.79. The van der Waals surface area contributed by atoms with E-state index in [1.807, 2.05) is 37.3 Å². The van der Waals surface area contributed by atoms with E-state index in [4.69, 9.17) is 9.97 Å². The Morgan fingerprint density at radius 1 is 0.889 bits per heavy atom. The minimum absolute atomic E-state index is 0.706. The van der Waals surface area contributed by atoms with Crippen molar-refractivity contribution in [2.75, 3.05) is 37.4 Å². The number of nitrogens with zero attached hydrogens (tertiary/aromatic N) is 4. The Morgan fingerprint density at radius 2 is 1.56 bits per heavy atom. The van der Waals surface area contributed by atoms with E-state index in [2.05, 4.69) is 65.6 Å². The number of anilines is 3. The Hall–Kier alpha value is -2.92. The second kappa shape index (κ2) is 9.14. The topological polar surface area (TPSA) is 44.3 Å². The van der Waals surface area contributed by atoms with Crippen molar-refractivity contribution in [3.05, 3.63) is 78.0 Å². The van der Waals surface area contributed by atoms with Crippen molar-refractivity contribution in [1.29, 1.82) is 0 Å². The lowest BCUT2D eigenvalue weighted by Crippen LogP contribution is -2.23. The predicted octanol–water partition coefficient (Wildman–Crippen LogP) is 4.10. The van der Waals surface area contributed by atoms with Gasteiger partial charge in [0.2, 0.25) is 5.95 Å². The Kier molecular flexibility index (Phi) is 6.39. The Bertz CT molecular complexity index is 834. The number of rotatable bonds is 8. The van der Waals surface area contributed by atoms with Crippen LogP contribution in [-0.2, 0) is 6.54 Å². The Morgan fingerprint density at radius 3 is 2.22 bits per heavy atom. The van der Waals surface area contributed by atoms with Gasteiger partial charge in [-0.2, -0.15) is 4.98 Å². The van der Waals surface area contributed by atoms with Crippen LogP contribution in [0.2, 0.25) is 0 Å². The molecule has 0 unspecified atom stereocenters. The quantitative estimate of drug-likeness (QED) is 0.654. The molecule has 0 amide bonds. The van der Waals surface area contributed by atoms with Gasteiger partial charge in [-0.15, -0.1) is 0 Å². The van der Waals surface area contributed by atoms with Gasteiger partial charge in [0.25, 0.3) is 0 Å². The molecule has 0 aliphatic carbocycles. The molecule has 1 aromatic heterocycles. The SMILES string of the molecule is Cc1cc(NCCN(C)C)nc(N(Cc2ccccc2)c2ccccc2)n1. The van der Waals surface area contributed by atoms with Crippen molar-refractivity contribution in [2.45, 2.75) is 13.5 Å². The first-order chi connectivity index (χ1) is 13.1. The Labute approximate surface area is 161 Å². The van der Waals surface area contributed by atoms with Gasteiger partial charge in [0, 0.05) is 30.5 Å². The molecule has 0 aliphatic rings. The monoisotopic (exact) mass is 361 g/mol. The number of hydrogen-bond acceptors (Lipinski definition) is 5. The molecule has 0 fully saturated rings. The van der Waals surface area contributed by atoms with Gasteiger partial charge in [0.15, 0.2) is 0 Å². The fourth-order valence-electron chi connectivity index (χ4n) is 2.82. The van der Waals surface area contributed by atoms with Gasteiger partial charge in [0.1, 0.15) is 5.82 Å². The number of hydrogen-bond donors (Lipinski definition) is 1. The smallest absolute Gasteiger partial charge is 0.232 e. The van der Waals surface area contributed by atoms with Crippen molar-refractivity contribution >= 4 is 17.5 Å². The van der Waals surface area contributed by atoms with Crippen LogP contribution >= 0.6 is 0 Å². The summed E-state index contributed by atoms with van der Waals surface area (Å²) in [5.74, 6) is 1.56. The maximum Gasteiger partial charge on any atom is 0.232 e. The molecule has 27 heavy (non-hydrogen) atoms. The van der Waals surface area contributed by atoms with Crippen molar-refractivity contribution in [3.8, 4) is 0 Å². The summed E-state index contributed by atoms with van der Waals surface area (Å²) >= 11 is 0. The molecule has 3 aromatic rings. The number of aromatic nitrogens is 2. The van der Waals surface area contributed by atoms with Crippen LogP contribution in [0.25, 0.3) is 0 Å².